The summed E-state index contributed by atoms with van der Waals surface area (Å²) in [5.74, 6) is 0.263. The molecular formula is C15H22INO2S. The Bertz CT molecular complexity index is 586. The van der Waals surface area contributed by atoms with Gasteiger partial charge >= 0.3 is 0 Å². The quantitative estimate of drug-likeness (QED) is 0.783. The molecule has 3 nitrogen and oxygen atoms in total. The Morgan fingerprint density at radius 3 is 2.70 bits per heavy atom. The fourth-order valence-electron chi connectivity index (χ4n) is 3.08. The number of nitrogens with two attached hydrogens (primary N) is 1. The fourth-order valence-corrected chi connectivity index (χ4v) is 4.99. The van der Waals surface area contributed by atoms with Gasteiger partial charge in [-0.25, -0.2) is 8.42 Å². The van der Waals surface area contributed by atoms with Crippen molar-refractivity contribution in [2.45, 2.75) is 43.9 Å². The molecule has 1 fully saturated rings. The van der Waals surface area contributed by atoms with Crippen LogP contribution in [0.2, 0.25) is 0 Å². The minimum absolute atomic E-state index is 0.0636. The van der Waals surface area contributed by atoms with Crippen LogP contribution in [0.25, 0.3) is 0 Å². The lowest BCUT2D eigenvalue weighted by atomic mass is 9.81. The minimum Gasteiger partial charge on any atom is -0.324 e. The van der Waals surface area contributed by atoms with Crippen LogP contribution in [0.4, 0.5) is 0 Å². The molecule has 1 aromatic carbocycles. The van der Waals surface area contributed by atoms with Gasteiger partial charge in [0.2, 0.25) is 0 Å². The number of benzene rings is 1. The Hall–Kier alpha value is -0.140. The molecule has 2 N–H and O–H groups in total. The molecule has 0 aliphatic heterocycles. The first kappa shape index (κ1) is 16.2. The molecule has 5 heteroatoms. The first-order valence-corrected chi connectivity index (χ1v) is 10.0. The Morgan fingerprint density at radius 1 is 1.35 bits per heavy atom. The van der Waals surface area contributed by atoms with E-state index in [9.17, 15) is 8.42 Å². The molecule has 0 bridgehead atoms. The van der Waals surface area contributed by atoms with Gasteiger partial charge in [-0.1, -0.05) is 24.6 Å². The summed E-state index contributed by atoms with van der Waals surface area (Å²) in [5.41, 5.74) is 8.83. The molecule has 0 spiro atoms. The summed E-state index contributed by atoms with van der Waals surface area (Å²) < 4.78 is 24.7. The van der Waals surface area contributed by atoms with Gasteiger partial charge < -0.3 is 5.73 Å². The first-order valence-electron chi connectivity index (χ1n) is 7.00. The third-order valence-corrected chi connectivity index (χ3v) is 7.47. The van der Waals surface area contributed by atoms with Crippen LogP contribution in [0, 0.1) is 16.4 Å². The van der Waals surface area contributed by atoms with Crippen molar-refractivity contribution in [3.8, 4) is 0 Å². The van der Waals surface area contributed by atoms with Crippen molar-refractivity contribution in [3.05, 3.63) is 32.9 Å². The third-order valence-electron chi connectivity index (χ3n) is 4.36. The lowest BCUT2D eigenvalue weighted by Crippen LogP contribution is -2.33. The van der Waals surface area contributed by atoms with Crippen LogP contribution >= 0.6 is 22.6 Å². The molecule has 0 aromatic heterocycles. The average Bonchev–Trinajstić information content (AvgIpc) is 2.40. The van der Waals surface area contributed by atoms with E-state index in [0.29, 0.717) is 6.42 Å². The molecule has 1 saturated carbocycles. The molecule has 1 aromatic rings. The van der Waals surface area contributed by atoms with E-state index in [4.69, 9.17) is 5.73 Å². The van der Waals surface area contributed by atoms with Crippen LogP contribution in [0.5, 0.6) is 0 Å². The first-order chi connectivity index (χ1) is 9.30. The lowest BCUT2D eigenvalue weighted by Gasteiger charge is -2.32. The van der Waals surface area contributed by atoms with Gasteiger partial charge in [0.15, 0.2) is 0 Å². The lowest BCUT2D eigenvalue weighted by molar-refractivity contribution is 0.308. The van der Waals surface area contributed by atoms with Crippen molar-refractivity contribution < 1.29 is 8.42 Å². The molecule has 3 atom stereocenters. The molecule has 112 valence electrons. The smallest absolute Gasteiger partial charge is 0.150 e. The Kier molecular flexibility index (Phi) is 5.13. The standard InChI is InChI=1S/C15H22INO2S/c1-10-5-3-8-13(14(10)16)15(17)11-6-4-7-12(9-11)20(2,18)19/h3,5,8,11-12,15H,4,6-7,9,17H2,1-2H3. The van der Waals surface area contributed by atoms with Gasteiger partial charge in [-0.15, -0.1) is 0 Å². The summed E-state index contributed by atoms with van der Waals surface area (Å²) in [5, 5.41) is -0.213. The number of hydrogen-bond acceptors (Lipinski definition) is 3. The van der Waals surface area contributed by atoms with Crippen molar-refractivity contribution in [1.82, 2.24) is 0 Å². The number of hydrogen-bond donors (Lipinski definition) is 1. The number of rotatable bonds is 3. The van der Waals surface area contributed by atoms with Crippen molar-refractivity contribution in [2.24, 2.45) is 11.7 Å². The van der Waals surface area contributed by atoms with Gasteiger partial charge in [0, 0.05) is 15.9 Å². The van der Waals surface area contributed by atoms with E-state index >= 15 is 0 Å². The summed E-state index contributed by atoms with van der Waals surface area (Å²) in [6.07, 6.45) is 4.81. The molecule has 0 saturated heterocycles. The van der Waals surface area contributed by atoms with E-state index in [1.54, 1.807) is 0 Å². The molecule has 1 aliphatic carbocycles. The summed E-state index contributed by atoms with van der Waals surface area (Å²) in [4.78, 5) is 0. The second-order valence-corrected chi connectivity index (χ2v) is 9.29. The zero-order valence-corrected chi connectivity index (χ0v) is 14.9. The molecule has 0 radical (unpaired) electrons. The number of aryl methyl sites for hydroxylation is 1. The summed E-state index contributed by atoms with van der Waals surface area (Å²) >= 11 is 2.34. The predicted molar refractivity (Wildman–Crippen MR) is 91.4 cm³/mol. The Morgan fingerprint density at radius 2 is 2.05 bits per heavy atom. The molecule has 1 aliphatic rings. The molecule has 3 unspecified atom stereocenters. The van der Waals surface area contributed by atoms with E-state index in [1.165, 1.54) is 15.4 Å². The number of halogens is 1. The van der Waals surface area contributed by atoms with Gasteiger partial charge in [-0.2, -0.15) is 0 Å². The monoisotopic (exact) mass is 407 g/mol. The highest BCUT2D eigenvalue weighted by Crippen LogP contribution is 2.37. The Balaban J connectivity index is 2.21. The molecule has 2 rings (SSSR count). The topological polar surface area (TPSA) is 60.2 Å². The molecule has 0 heterocycles. The van der Waals surface area contributed by atoms with Gasteiger partial charge in [0.25, 0.3) is 0 Å². The highest BCUT2D eigenvalue weighted by molar-refractivity contribution is 14.1. The van der Waals surface area contributed by atoms with Gasteiger partial charge in [-0.05, 0) is 65.8 Å². The summed E-state index contributed by atoms with van der Waals surface area (Å²) in [6.45, 7) is 2.08. The zero-order valence-electron chi connectivity index (χ0n) is 12.0. The van der Waals surface area contributed by atoms with E-state index in [1.807, 2.05) is 6.07 Å². The average molecular weight is 407 g/mol. The van der Waals surface area contributed by atoms with Crippen molar-refractivity contribution in [3.63, 3.8) is 0 Å². The van der Waals surface area contributed by atoms with Crippen LogP contribution in [-0.4, -0.2) is 19.9 Å². The highest BCUT2D eigenvalue weighted by Gasteiger charge is 2.32. The maximum absolute atomic E-state index is 11.8. The predicted octanol–water partition coefficient (Wildman–Crippen LogP) is 3.20. The summed E-state index contributed by atoms with van der Waals surface area (Å²) in [6, 6.07) is 6.12. The Labute approximate surface area is 135 Å². The third kappa shape index (κ3) is 3.54. The van der Waals surface area contributed by atoms with Crippen molar-refractivity contribution in [1.29, 1.82) is 0 Å². The van der Waals surface area contributed by atoms with Crippen molar-refractivity contribution >= 4 is 32.4 Å². The SMILES string of the molecule is Cc1cccc(C(N)C2CCCC(S(C)(=O)=O)C2)c1I. The molecule has 20 heavy (non-hydrogen) atoms. The maximum Gasteiger partial charge on any atom is 0.150 e. The second kappa shape index (κ2) is 6.32. The van der Waals surface area contributed by atoms with Gasteiger partial charge in [0.1, 0.15) is 9.84 Å². The van der Waals surface area contributed by atoms with Crippen LogP contribution in [0.1, 0.15) is 42.9 Å². The van der Waals surface area contributed by atoms with E-state index < -0.39 is 9.84 Å². The van der Waals surface area contributed by atoms with Gasteiger partial charge in [-0.3, -0.25) is 0 Å². The van der Waals surface area contributed by atoms with Crippen LogP contribution in [0.3, 0.4) is 0 Å². The normalized spacial score (nSPS) is 25.4. The zero-order chi connectivity index (χ0) is 14.9. The summed E-state index contributed by atoms with van der Waals surface area (Å²) in [7, 11) is -2.95. The van der Waals surface area contributed by atoms with Gasteiger partial charge in [0.05, 0.1) is 5.25 Å². The van der Waals surface area contributed by atoms with Crippen LogP contribution in [-0.2, 0) is 9.84 Å². The van der Waals surface area contributed by atoms with E-state index in [-0.39, 0.29) is 17.2 Å². The van der Waals surface area contributed by atoms with Crippen LogP contribution in [0.15, 0.2) is 18.2 Å². The fraction of sp³-hybridized carbons (Fsp3) is 0.600. The second-order valence-electron chi connectivity index (χ2n) is 5.88. The highest BCUT2D eigenvalue weighted by atomic mass is 127. The number of sulfone groups is 1. The van der Waals surface area contributed by atoms with Crippen LogP contribution < -0.4 is 5.73 Å². The minimum atomic E-state index is -2.95. The van der Waals surface area contributed by atoms with E-state index in [0.717, 1.165) is 24.8 Å². The van der Waals surface area contributed by atoms with Crippen molar-refractivity contribution in [2.75, 3.05) is 6.26 Å². The molecular weight excluding hydrogens is 385 g/mol. The largest absolute Gasteiger partial charge is 0.324 e. The molecule has 0 amide bonds. The van der Waals surface area contributed by atoms with E-state index in [2.05, 4.69) is 41.6 Å². The maximum atomic E-state index is 11.8.